The summed E-state index contributed by atoms with van der Waals surface area (Å²) in [5.74, 6) is 0.778. The molecule has 4 nitrogen and oxygen atoms in total. The Balaban J connectivity index is 1.67. The van der Waals surface area contributed by atoms with Crippen LogP contribution >= 0.6 is 15.9 Å². The summed E-state index contributed by atoms with van der Waals surface area (Å²) in [4.78, 5) is 16.9. The predicted molar refractivity (Wildman–Crippen MR) is 124 cm³/mol. The van der Waals surface area contributed by atoms with Crippen LogP contribution in [0.4, 0.5) is 0 Å². The zero-order valence-electron chi connectivity index (χ0n) is 17.1. The summed E-state index contributed by atoms with van der Waals surface area (Å²) in [7, 11) is 1.41. The average Bonchev–Trinajstić information content (AvgIpc) is 3.10. The molecule has 1 heterocycles. The van der Waals surface area contributed by atoms with E-state index in [1.807, 2.05) is 18.2 Å². The molecular weight excluding hydrogens is 440 g/mol. The van der Waals surface area contributed by atoms with Crippen molar-refractivity contribution in [1.82, 2.24) is 9.55 Å². The van der Waals surface area contributed by atoms with Crippen molar-refractivity contribution in [2.45, 2.75) is 26.3 Å². The van der Waals surface area contributed by atoms with Gasteiger partial charge >= 0.3 is 5.97 Å². The Morgan fingerprint density at radius 3 is 2.57 bits per heavy atom. The highest BCUT2D eigenvalue weighted by Crippen LogP contribution is 2.26. The summed E-state index contributed by atoms with van der Waals surface area (Å²) in [6.07, 6.45) is 1.99. The maximum atomic E-state index is 12.1. The number of rotatable bonds is 6. The number of benzene rings is 3. The van der Waals surface area contributed by atoms with Crippen molar-refractivity contribution in [2.24, 2.45) is 0 Å². The number of nitrogens with zero attached hydrogens (tertiary/aromatic N) is 2. The first-order valence-corrected chi connectivity index (χ1v) is 10.8. The molecule has 0 amide bonds. The van der Waals surface area contributed by atoms with Crippen LogP contribution in [0, 0.1) is 0 Å². The summed E-state index contributed by atoms with van der Waals surface area (Å²) in [5, 5.41) is 0. The zero-order valence-corrected chi connectivity index (χ0v) is 18.6. The largest absolute Gasteiger partial charge is 0.465 e. The molecule has 0 saturated heterocycles. The Labute approximate surface area is 184 Å². The van der Waals surface area contributed by atoms with Crippen LogP contribution in [0.15, 0.2) is 71.2 Å². The molecule has 0 radical (unpaired) electrons. The SMILES string of the molecule is CCCc1nc2cc(Br)ccc2n1Cc1ccc(-c2ccccc2C(=O)OC)cc1. The maximum absolute atomic E-state index is 12.1. The van der Waals surface area contributed by atoms with Crippen molar-refractivity contribution < 1.29 is 9.53 Å². The van der Waals surface area contributed by atoms with Gasteiger partial charge in [-0.05, 0) is 47.4 Å². The quantitative estimate of drug-likeness (QED) is 0.318. The first-order valence-electron chi connectivity index (χ1n) is 10.0. The van der Waals surface area contributed by atoms with E-state index in [0.29, 0.717) is 5.56 Å². The van der Waals surface area contributed by atoms with Crippen molar-refractivity contribution in [2.75, 3.05) is 7.11 Å². The summed E-state index contributed by atoms with van der Waals surface area (Å²) in [6, 6.07) is 22.1. The van der Waals surface area contributed by atoms with Crippen molar-refractivity contribution >= 4 is 32.9 Å². The number of halogens is 1. The normalized spacial score (nSPS) is 11.0. The number of hydrogen-bond acceptors (Lipinski definition) is 3. The molecule has 5 heteroatoms. The Hall–Kier alpha value is -2.92. The first-order chi connectivity index (χ1) is 14.6. The molecule has 152 valence electrons. The minimum atomic E-state index is -0.324. The third kappa shape index (κ3) is 4.03. The highest BCUT2D eigenvalue weighted by molar-refractivity contribution is 9.10. The van der Waals surface area contributed by atoms with Gasteiger partial charge in [0.2, 0.25) is 0 Å². The number of esters is 1. The van der Waals surface area contributed by atoms with E-state index in [1.165, 1.54) is 12.7 Å². The third-order valence-electron chi connectivity index (χ3n) is 5.20. The van der Waals surface area contributed by atoms with Gasteiger partial charge in [-0.1, -0.05) is 65.3 Å². The molecule has 0 aliphatic rings. The lowest BCUT2D eigenvalue weighted by Crippen LogP contribution is -2.05. The van der Waals surface area contributed by atoms with Crippen molar-refractivity contribution in [3.63, 3.8) is 0 Å². The predicted octanol–water partition coefficient (Wildman–Crippen LogP) is 6.25. The fraction of sp³-hybridized carbons (Fsp3) is 0.200. The molecule has 3 aromatic carbocycles. The number of carbonyl (C=O) groups excluding carboxylic acids is 1. The average molecular weight is 463 g/mol. The van der Waals surface area contributed by atoms with Gasteiger partial charge in [-0.3, -0.25) is 0 Å². The van der Waals surface area contributed by atoms with Gasteiger partial charge in [0.1, 0.15) is 5.82 Å². The topological polar surface area (TPSA) is 44.1 Å². The molecular formula is C25H23BrN2O2. The molecule has 0 spiro atoms. The smallest absolute Gasteiger partial charge is 0.338 e. The van der Waals surface area contributed by atoms with Gasteiger partial charge in [-0.15, -0.1) is 0 Å². The molecule has 1 aromatic heterocycles. The van der Waals surface area contributed by atoms with E-state index in [1.54, 1.807) is 6.07 Å². The van der Waals surface area contributed by atoms with E-state index in [-0.39, 0.29) is 5.97 Å². The van der Waals surface area contributed by atoms with Gasteiger partial charge in [0, 0.05) is 17.4 Å². The molecule has 0 unspecified atom stereocenters. The monoisotopic (exact) mass is 462 g/mol. The molecule has 0 saturated carbocycles. The van der Waals surface area contributed by atoms with E-state index in [0.717, 1.165) is 51.8 Å². The number of fused-ring (bicyclic) bond motifs is 1. The molecule has 0 bridgehead atoms. The molecule has 30 heavy (non-hydrogen) atoms. The fourth-order valence-electron chi connectivity index (χ4n) is 3.74. The van der Waals surface area contributed by atoms with E-state index in [9.17, 15) is 4.79 Å². The van der Waals surface area contributed by atoms with Crippen LogP contribution in [0.1, 0.15) is 35.1 Å². The van der Waals surface area contributed by atoms with Gasteiger partial charge in [0.25, 0.3) is 0 Å². The number of hydrogen-bond donors (Lipinski definition) is 0. The lowest BCUT2D eigenvalue weighted by molar-refractivity contribution is 0.0601. The molecule has 0 aliphatic heterocycles. The van der Waals surface area contributed by atoms with Crippen molar-refractivity contribution in [3.8, 4) is 11.1 Å². The summed E-state index contributed by atoms with van der Waals surface area (Å²) >= 11 is 3.54. The minimum absolute atomic E-state index is 0.324. The van der Waals surface area contributed by atoms with Crippen LogP contribution in [0.3, 0.4) is 0 Å². The van der Waals surface area contributed by atoms with Crippen LogP contribution in [-0.2, 0) is 17.7 Å². The van der Waals surface area contributed by atoms with Crippen LogP contribution in [0.2, 0.25) is 0 Å². The second kappa shape index (κ2) is 8.84. The van der Waals surface area contributed by atoms with Crippen molar-refractivity contribution in [3.05, 3.63) is 88.2 Å². The number of carbonyl (C=O) groups is 1. The lowest BCUT2D eigenvalue weighted by atomic mass is 9.98. The number of methoxy groups -OCH3 is 1. The molecule has 0 fully saturated rings. The van der Waals surface area contributed by atoms with Crippen LogP contribution in [-0.4, -0.2) is 22.6 Å². The standard InChI is InChI=1S/C25H23BrN2O2/c1-3-6-24-27-22-15-19(26)13-14-23(22)28(24)16-17-9-11-18(12-10-17)20-7-4-5-8-21(20)25(29)30-2/h4-5,7-15H,3,6,16H2,1-2H3. The molecule has 4 rings (SSSR count). The number of aromatic nitrogens is 2. The van der Waals surface area contributed by atoms with E-state index in [4.69, 9.17) is 9.72 Å². The fourth-order valence-corrected chi connectivity index (χ4v) is 4.09. The number of ether oxygens (including phenoxy) is 1. The summed E-state index contributed by atoms with van der Waals surface area (Å²) in [5.41, 5.74) is 5.78. The Morgan fingerprint density at radius 1 is 1.07 bits per heavy atom. The van der Waals surface area contributed by atoms with Crippen LogP contribution < -0.4 is 0 Å². The molecule has 0 atom stereocenters. The van der Waals surface area contributed by atoms with E-state index < -0.39 is 0 Å². The Kier molecular flexibility index (Phi) is 6.00. The maximum Gasteiger partial charge on any atom is 0.338 e. The molecule has 0 aliphatic carbocycles. The van der Waals surface area contributed by atoms with Gasteiger partial charge in [-0.25, -0.2) is 9.78 Å². The van der Waals surface area contributed by atoms with Gasteiger partial charge in [0.15, 0.2) is 0 Å². The van der Waals surface area contributed by atoms with Gasteiger partial charge < -0.3 is 9.30 Å². The van der Waals surface area contributed by atoms with Crippen molar-refractivity contribution in [1.29, 1.82) is 0 Å². The Morgan fingerprint density at radius 2 is 1.83 bits per heavy atom. The van der Waals surface area contributed by atoms with Gasteiger partial charge in [-0.2, -0.15) is 0 Å². The third-order valence-corrected chi connectivity index (χ3v) is 5.69. The first kappa shape index (κ1) is 20.4. The van der Waals surface area contributed by atoms with Gasteiger partial charge in [0.05, 0.1) is 23.7 Å². The minimum Gasteiger partial charge on any atom is -0.465 e. The highest BCUT2D eigenvalue weighted by Gasteiger charge is 2.14. The molecule has 4 aromatic rings. The van der Waals surface area contributed by atoms with Crippen LogP contribution in [0.25, 0.3) is 22.2 Å². The number of imidazole rings is 1. The van der Waals surface area contributed by atoms with E-state index in [2.05, 4.69) is 69.9 Å². The van der Waals surface area contributed by atoms with E-state index >= 15 is 0 Å². The molecule has 0 N–H and O–H groups in total. The lowest BCUT2D eigenvalue weighted by Gasteiger charge is -2.11. The van der Waals surface area contributed by atoms with Crippen LogP contribution in [0.5, 0.6) is 0 Å². The zero-order chi connectivity index (χ0) is 21.1. The second-order valence-electron chi connectivity index (χ2n) is 7.23. The summed E-state index contributed by atoms with van der Waals surface area (Å²) < 4.78 is 8.26. The Bertz CT molecular complexity index is 1200. The summed E-state index contributed by atoms with van der Waals surface area (Å²) in [6.45, 7) is 2.93. The second-order valence-corrected chi connectivity index (χ2v) is 8.15. The number of aryl methyl sites for hydroxylation is 1. The highest BCUT2D eigenvalue weighted by atomic mass is 79.9.